The van der Waals surface area contributed by atoms with Crippen LogP contribution in [0.25, 0.3) is 0 Å². The third kappa shape index (κ3) is 2.30. The molecule has 2 rings (SSSR count). The number of rotatable bonds is 2. The molecule has 1 aromatic heterocycles. The highest BCUT2D eigenvalue weighted by Crippen LogP contribution is 2.32. The number of hydrogen-bond acceptors (Lipinski definition) is 3. The minimum atomic E-state index is -0.681. The molecular formula is C11H9BrClNOS. The van der Waals surface area contributed by atoms with Gasteiger partial charge in [-0.05, 0) is 40.0 Å². The SMILES string of the molecule is Cc1ccc(C(O)c2scnc2Br)cc1Cl. The van der Waals surface area contributed by atoms with Crippen LogP contribution in [0.4, 0.5) is 0 Å². The Morgan fingerprint density at radius 3 is 2.81 bits per heavy atom. The van der Waals surface area contributed by atoms with E-state index in [2.05, 4.69) is 20.9 Å². The fourth-order valence-corrected chi connectivity index (χ4v) is 2.96. The Kier molecular flexibility index (Phi) is 3.64. The van der Waals surface area contributed by atoms with Gasteiger partial charge in [0.25, 0.3) is 0 Å². The van der Waals surface area contributed by atoms with Gasteiger partial charge >= 0.3 is 0 Å². The normalized spacial score (nSPS) is 12.8. The first-order valence-electron chi connectivity index (χ1n) is 4.62. The van der Waals surface area contributed by atoms with Crippen LogP contribution in [0.15, 0.2) is 28.3 Å². The van der Waals surface area contributed by atoms with Gasteiger partial charge in [-0.1, -0.05) is 23.7 Å². The Morgan fingerprint density at radius 2 is 2.25 bits per heavy atom. The molecule has 0 bridgehead atoms. The summed E-state index contributed by atoms with van der Waals surface area (Å²) in [5.74, 6) is 0. The van der Waals surface area contributed by atoms with Gasteiger partial charge in [-0.15, -0.1) is 11.3 Å². The number of nitrogens with zero attached hydrogens (tertiary/aromatic N) is 1. The van der Waals surface area contributed by atoms with Crippen molar-refractivity contribution in [2.24, 2.45) is 0 Å². The lowest BCUT2D eigenvalue weighted by molar-refractivity contribution is 0.223. The van der Waals surface area contributed by atoms with Gasteiger partial charge in [0.2, 0.25) is 0 Å². The maximum Gasteiger partial charge on any atom is 0.123 e. The van der Waals surface area contributed by atoms with Gasteiger partial charge in [0.1, 0.15) is 10.7 Å². The number of hydrogen-bond donors (Lipinski definition) is 1. The number of benzene rings is 1. The van der Waals surface area contributed by atoms with Crippen molar-refractivity contribution in [1.82, 2.24) is 4.98 Å². The summed E-state index contributed by atoms with van der Waals surface area (Å²) in [4.78, 5) is 4.84. The van der Waals surface area contributed by atoms with Crippen LogP contribution in [-0.4, -0.2) is 10.1 Å². The molecule has 16 heavy (non-hydrogen) atoms. The molecule has 2 nitrogen and oxygen atoms in total. The van der Waals surface area contributed by atoms with Gasteiger partial charge in [0, 0.05) is 5.02 Å². The first kappa shape index (κ1) is 12.0. The summed E-state index contributed by atoms with van der Waals surface area (Å²) in [5.41, 5.74) is 3.47. The smallest absolute Gasteiger partial charge is 0.123 e. The summed E-state index contributed by atoms with van der Waals surface area (Å²) in [5, 5.41) is 10.8. The van der Waals surface area contributed by atoms with Crippen LogP contribution in [0.3, 0.4) is 0 Å². The summed E-state index contributed by atoms with van der Waals surface area (Å²) in [6.45, 7) is 1.93. The second kappa shape index (κ2) is 4.84. The fraction of sp³-hybridized carbons (Fsp3) is 0.182. The molecule has 0 radical (unpaired) electrons. The van der Waals surface area contributed by atoms with Crippen molar-refractivity contribution in [1.29, 1.82) is 0 Å². The Balaban J connectivity index is 2.38. The van der Waals surface area contributed by atoms with Crippen LogP contribution in [0.5, 0.6) is 0 Å². The minimum Gasteiger partial charge on any atom is -0.383 e. The van der Waals surface area contributed by atoms with E-state index < -0.39 is 6.10 Å². The predicted molar refractivity (Wildman–Crippen MR) is 70.1 cm³/mol. The first-order chi connectivity index (χ1) is 7.59. The Bertz CT molecular complexity index is 514. The van der Waals surface area contributed by atoms with E-state index in [0.717, 1.165) is 16.0 Å². The first-order valence-corrected chi connectivity index (χ1v) is 6.67. The summed E-state index contributed by atoms with van der Waals surface area (Å²) in [6, 6.07) is 5.56. The molecule has 5 heteroatoms. The van der Waals surface area contributed by atoms with E-state index in [9.17, 15) is 5.11 Å². The van der Waals surface area contributed by atoms with Gasteiger partial charge in [-0.3, -0.25) is 0 Å². The average Bonchev–Trinajstić information content (AvgIpc) is 2.67. The molecule has 84 valence electrons. The Labute approximate surface area is 111 Å². The van der Waals surface area contributed by atoms with Crippen molar-refractivity contribution < 1.29 is 5.11 Å². The zero-order chi connectivity index (χ0) is 11.7. The van der Waals surface area contributed by atoms with Crippen molar-refractivity contribution in [3.63, 3.8) is 0 Å². The second-order valence-electron chi connectivity index (χ2n) is 3.42. The second-order valence-corrected chi connectivity index (χ2v) is 5.46. The lowest BCUT2D eigenvalue weighted by Gasteiger charge is -2.10. The molecule has 2 aromatic rings. The molecule has 0 aliphatic heterocycles. The Morgan fingerprint density at radius 1 is 1.50 bits per heavy atom. The van der Waals surface area contributed by atoms with Crippen molar-refractivity contribution in [2.45, 2.75) is 13.0 Å². The molecule has 0 spiro atoms. The van der Waals surface area contributed by atoms with Crippen molar-refractivity contribution in [2.75, 3.05) is 0 Å². The van der Waals surface area contributed by atoms with Crippen LogP contribution in [0, 0.1) is 6.92 Å². The van der Waals surface area contributed by atoms with E-state index in [1.54, 1.807) is 11.6 Å². The number of aryl methyl sites for hydroxylation is 1. The van der Waals surface area contributed by atoms with Crippen LogP contribution in [0.1, 0.15) is 22.1 Å². The van der Waals surface area contributed by atoms with Gasteiger partial charge in [0.05, 0.1) is 10.4 Å². The molecule has 0 aliphatic carbocycles. The largest absolute Gasteiger partial charge is 0.383 e. The van der Waals surface area contributed by atoms with Gasteiger partial charge in [-0.25, -0.2) is 4.98 Å². The zero-order valence-electron chi connectivity index (χ0n) is 8.45. The highest BCUT2D eigenvalue weighted by atomic mass is 79.9. The molecular weight excluding hydrogens is 310 g/mol. The van der Waals surface area contributed by atoms with E-state index in [0.29, 0.717) is 9.63 Å². The predicted octanol–water partition coefficient (Wildman–Crippen LogP) is 3.95. The van der Waals surface area contributed by atoms with Gasteiger partial charge in [0.15, 0.2) is 0 Å². The monoisotopic (exact) mass is 317 g/mol. The number of aliphatic hydroxyl groups excluding tert-OH is 1. The number of halogens is 2. The maximum atomic E-state index is 10.2. The molecule has 0 fully saturated rings. The lowest BCUT2D eigenvalue weighted by Crippen LogP contribution is -1.98. The third-order valence-corrected chi connectivity index (χ3v) is 4.49. The lowest BCUT2D eigenvalue weighted by atomic mass is 10.1. The van der Waals surface area contributed by atoms with E-state index in [1.165, 1.54) is 11.3 Å². The maximum absolute atomic E-state index is 10.2. The quantitative estimate of drug-likeness (QED) is 0.909. The molecule has 0 aliphatic rings. The standard InChI is InChI=1S/C11H9BrClNOS/c1-6-2-3-7(4-8(6)13)9(15)10-11(12)14-5-16-10/h2-5,9,15H,1H3. The van der Waals surface area contributed by atoms with Crippen LogP contribution < -0.4 is 0 Å². The highest BCUT2D eigenvalue weighted by Gasteiger charge is 2.16. The number of aliphatic hydroxyl groups is 1. The molecule has 0 saturated carbocycles. The van der Waals surface area contributed by atoms with E-state index in [-0.39, 0.29) is 0 Å². The summed E-state index contributed by atoms with van der Waals surface area (Å²) >= 11 is 10.7. The Hall–Kier alpha value is -0.420. The average molecular weight is 319 g/mol. The van der Waals surface area contributed by atoms with E-state index in [4.69, 9.17) is 11.6 Å². The van der Waals surface area contributed by atoms with Crippen molar-refractivity contribution in [3.05, 3.63) is 49.3 Å². The molecule has 1 aromatic carbocycles. The summed E-state index contributed by atoms with van der Waals surface area (Å²) in [7, 11) is 0. The molecule has 0 saturated heterocycles. The topological polar surface area (TPSA) is 33.1 Å². The van der Waals surface area contributed by atoms with Crippen LogP contribution in [0.2, 0.25) is 5.02 Å². The third-order valence-electron chi connectivity index (χ3n) is 2.31. The number of thiazole rings is 1. The summed E-state index contributed by atoms with van der Waals surface area (Å²) in [6.07, 6.45) is -0.681. The fourth-order valence-electron chi connectivity index (χ4n) is 1.35. The van der Waals surface area contributed by atoms with Gasteiger partial charge in [-0.2, -0.15) is 0 Å². The molecule has 1 N–H and O–H groups in total. The van der Waals surface area contributed by atoms with Crippen molar-refractivity contribution in [3.8, 4) is 0 Å². The molecule has 1 heterocycles. The highest BCUT2D eigenvalue weighted by molar-refractivity contribution is 9.10. The molecule has 1 atom stereocenters. The number of aromatic nitrogens is 1. The molecule has 1 unspecified atom stereocenters. The zero-order valence-corrected chi connectivity index (χ0v) is 11.6. The van der Waals surface area contributed by atoms with Gasteiger partial charge < -0.3 is 5.11 Å². The summed E-state index contributed by atoms with van der Waals surface area (Å²) < 4.78 is 0.682. The van der Waals surface area contributed by atoms with E-state index >= 15 is 0 Å². The minimum absolute atomic E-state index is 0.664. The van der Waals surface area contributed by atoms with Crippen LogP contribution in [-0.2, 0) is 0 Å². The molecule has 0 amide bonds. The van der Waals surface area contributed by atoms with Crippen molar-refractivity contribution >= 4 is 38.9 Å². The van der Waals surface area contributed by atoms with E-state index in [1.807, 2.05) is 19.1 Å². The van der Waals surface area contributed by atoms with Crippen LogP contribution >= 0.6 is 38.9 Å².